The number of benzene rings is 1. The van der Waals surface area contributed by atoms with E-state index in [-0.39, 0.29) is 5.91 Å². The molecule has 0 fully saturated rings. The summed E-state index contributed by atoms with van der Waals surface area (Å²) in [7, 11) is 3.65. The summed E-state index contributed by atoms with van der Waals surface area (Å²) in [5.74, 6) is -0.0250. The van der Waals surface area contributed by atoms with Gasteiger partial charge >= 0.3 is 0 Å². The molecule has 0 radical (unpaired) electrons. The van der Waals surface area contributed by atoms with Crippen LogP contribution in [-0.4, -0.2) is 22.4 Å². The van der Waals surface area contributed by atoms with Gasteiger partial charge in [-0.15, -0.1) is 0 Å². The molecule has 0 spiro atoms. The predicted octanol–water partition coefficient (Wildman–Crippen LogP) is 2.48. The van der Waals surface area contributed by atoms with Gasteiger partial charge in [0.25, 0.3) is 5.91 Å². The molecule has 0 aliphatic rings. The SMILES string of the molecule is Cc1ccc(C(=O)N(C)Cc2cccc(C#N)c2)n1C. The van der Waals surface area contributed by atoms with E-state index in [2.05, 4.69) is 6.07 Å². The van der Waals surface area contributed by atoms with E-state index in [1.807, 2.05) is 42.8 Å². The lowest BCUT2D eigenvalue weighted by Gasteiger charge is -2.18. The van der Waals surface area contributed by atoms with Crippen LogP contribution in [0.5, 0.6) is 0 Å². The average molecular weight is 267 g/mol. The first-order valence-electron chi connectivity index (χ1n) is 6.39. The van der Waals surface area contributed by atoms with Crippen LogP contribution >= 0.6 is 0 Å². The molecular weight excluding hydrogens is 250 g/mol. The first kappa shape index (κ1) is 13.9. The second kappa shape index (κ2) is 5.62. The summed E-state index contributed by atoms with van der Waals surface area (Å²) in [4.78, 5) is 14.0. The molecule has 1 aromatic carbocycles. The highest BCUT2D eigenvalue weighted by Gasteiger charge is 2.15. The smallest absolute Gasteiger partial charge is 0.270 e. The molecule has 2 aromatic rings. The second-order valence-electron chi connectivity index (χ2n) is 4.89. The quantitative estimate of drug-likeness (QED) is 0.857. The molecule has 1 aromatic heterocycles. The van der Waals surface area contributed by atoms with Crippen LogP contribution in [0.25, 0.3) is 0 Å². The lowest BCUT2D eigenvalue weighted by molar-refractivity contribution is 0.0775. The van der Waals surface area contributed by atoms with Crippen molar-refractivity contribution < 1.29 is 4.79 Å². The molecule has 0 saturated carbocycles. The van der Waals surface area contributed by atoms with Crippen LogP contribution in [-0.2, 0) is 13.6 Å². The number of rotatable bonds is 3. The molecule has 0 unspecified atom stereocenters. The van der Waals surface area contributed by atoms with Gasteiger partial charge in [-0.05, 0) is 36.8 Å². The third-order valence-corrected chi connectivity index (χ3v) is 3.41. The maximum Gasteiger partial charge on any atom is 0.270 e. The van der Waals surface area contributed by atoms with E-state index in [1.54, 1.807) is 24.1 Å². The average Bonchev–Trinajstić information content (AvgIpc) is 2.78. The van der Waals surface area contributed by atoms with Crippen LogP contribution in [0.4, 0.5) is 0 Å². The number of carbonyl (C=O) groups excluding carboxylic acids is 1. The Morgan fingerprint density at radius 3 is 2.70 bits per heavy atom. The maximum atomic E-state index is 12.4. The fourth-order valence-electron chi connectivity index (χ4n) is 2.11. The van der Waals surface area contributed by atoms with E-state index in [0.29, 0.717) is 17.8 Å². The predicted molar refractivity (Wildman–Crippen MR) is 77.1 cm³/mol. The molecule has 0 atom stereocenters. The lowest BCUT2D eigenvalue weighted by Crippen LogP contribution is -2.28. The standard InChI is InChI=1S/C16H17N3O/c1-12-7-8-15(19(12)3)16(20)18(2)11-14-6-4-5-13(9-14)10-17/h4-9H,11H2,1-3H3. The van der Waals surface area contributed by atoms with Crippen molar-refractivity contribution in [3.8, 4) is 6.07 Å². The Morgan fingerprint density at radius 1 is 1.35 bits per heavy atom. The number of nitrogens with zero attached hydrogens (tertiary/aromatic N) is 3. The van der Waals surface area contributed by atoms with Crippen molar-refractivity contribution in [1.29, 1.82) is 5.26 Å². The number of amides is 1. The molecule has 2 rings (SSSR count). The topological polar surface area (TPSA) is 49.0 Å². The van der Waals surface area contributed by atoms with Crippen LogP contribution < -0.4 is 0 Å². The van der Waals surface area contributed by atoms with Gasteiger partial charge in [0, 0.05) is 26.3 Å². The van der Waals surface area contributed by atoms with E-state index in [1.165, 1.54) is 0 Å². The zero-order valence-electron chi connectivity index (χ0n) is 11.9. The highest BCUT2D eigenvalue weighted by atomic mass is 16.2. The third-order valence-electron chi connectivity index (χ3n) is 3.41. The molecule has 0 aliphatic carbocycles. The summed E-state index contributed by atoms with van der Waals surface area (Å²) in [6.07, 6.45) is 0. The molecule has 0 bridgehead atoms. The van der Waals surface area contributed by atoms with Crippen molar-refractivity contribution in [3.63, 3.8) is 0 Å². The molecule has 1 heterocycles. The summed E-state index contributed by atoms with van der Waals surface area (Å²) >= 11 is 0. The van der Waals surface area contributed by atoms with Crippen LogP contribution in [0.3, 0.4) is 0 Å². The van der Waals surface area contributed by atoms with Crippen molar-refractivity contribution >= 4 is 5.91 Å². The van der Waals surface area contributed by atoms with Gasteiger partial charge < -0.3 is 9.47 Å². The molecule has 0 saturated heterocycles. The number of aryl methyl sites for hydroxylation is 1. The Hall–Kier alpha value is -2.54. The second-order valence-corrected chi connectivity index (χ2v) is 4.89. The van der Waals surface area contributed by atoms with Gasteiger partial charge in [0.15, 0.2) is 0 Å². The summed E-state index contributed by atoms with van der Waals surface area (Å²) in [6, 6.07) is 13.2. The molecule has 4 nitrogen and oxygen atoms in total. The maximum absolute atomic E-state index is 12.4. The van der Waals surface area contributed by atoms with Crippen molar-refractivity contribution in [3.05, 3.63) is 58.9 Å². The van der Waals surface area contributed by atoms with Crippen molar-refractivity contribution in [2.24, 2.45) is 7.05 Å². The zero-order chi connectivity index (χ0) is 14.7. The van der Waals surface area contributed by atoms with Gasteiger partial charge in [-0.3, -0.25) is 4.79 Å². The molecule has 20 heavy (non-hydrogen) atoms. The van der Waals surface area contributed by atoms with Gasteiger partial charge in [0.2, 0.25) is 0 Å². The largest absolute Gasteiger partial charge is 0.344 e. The first-order valence-corrected chi connectivity index (χ1v) is 6.39. The normalized spacial score (nSPS) is 10.1. The Bertz CT molecular complexity index is 679. The Labute approximate surface area is 118 Å². The molecule has 4 heteroatoms. The van der Waals surface area contributed by atoms with Crippen LogP contribution in [0.15, 0.2) is 36.4 Å². The van der Waals surface area contributed by atoms with Crippen LogP contribution in [0.2, 0.25) is 0 Å². The minimum Gasteiger partial charge on any atom is -0.344 e. The first-order chi connectivity index (χ1) is 9.52. The molecule has 1 amide bonds. The van der Waals surface area contributed by atoms with E-state index in [4.69, 9.17) is 5.26 Å². The number of aromatic nitrogens is 1. The Morgan fingerprint density at radius 2 is 2.10 bits per heavy atom. The van der Waals surface area contributed by atoms with E-state index >= 15 is 0 Å². The fraction of sp³-hybridized carbons (Fsp3) is 0.250. The molecule has 102 valence electrons. The fourth-order valence-corrected chi connectivity index (χ4v) is 2.11. The molecule has 0 N–H and O–H groups in total. The van der Waals surface area contributed by atoms with Gasteiger partial charge in [0.1, 0.15) is 5.69 Å². The van der Waals surface area contributed by atoms with Gasteiger partial charge in [-0.2, -0.15) is 5.26 Å². The summed E-state index contributed by atoms with van der Waals surface area (Å²) in [5.41, 5.74) is 3.28. The number of nitriles is 1. The summed E-state index contributed by atoms with van der Waals surface area (Å²) in [5, 5.41) is 8.89. The van der Waals surface area contributed by atoms with Crippen LogP contribution in [0.1, 0.15) is 27.3 Å². The number of hydrogen-bond donors (Lipinski definition) is 0. The summed E-state index contributed by atoms with van der Waals surface area (Å²) < 4.78 is 1.88. The summed E-state index contributed by atoms with van der Waals surface area (Å²) in [6.45, 7) is 2.45. The molecule has 0 aliphatic heterocycles. The van der Waals surface area contributed by atoms with Gasteiger partial charge in [0.05, 0.1) is 11.6 Å². The number of carbonyl (C=O) groups is 1. The van der Waals surface area contributed by atoms with Gasteiger partial charge in [-0.25, -0.2) is 0 Å². The third kappa shape index (κ3) is 2.72. The molecular formula is C16H17N3O. The van der Waals surface area contributed by atoms with Crippen molar-refractivity contribution in [1.82, 2.24) is 9.47 Å². The van der Waals surface area contributed by atoms with E-state index < -0.39 is 0 Å². The van der Waals surface area contributed by atoms with Crippen molar-refractivity contribution in [2.75, 3.05) is 7.05 Å². The Balaban J connectivity index is 2.15. The van der Waals surface area contributed by atoms with E-state index in [0.717, 1.165) is 11.3 Å². The van der Waals surface area contributed by atoms with Crippen LogP contribution in [0, 0.1) is 18.3 Å². The minimum absolute atomic E-state index is 0.0250. The Kier molecular flexibility index (Phi) is 3.90. The van der Waals surface area contributed by atoms with E-state index in [9.17, 15) is 4.79 Å². The zero-order valence-corrected chi connectivity index (χ0v) is 11.9. The lowest BCUT2D eigenvalue weighted by atomic mass is 10.1. The van der Waals surface area contributed by atoms with Gasteiger partial charge in [-0.1, -0.05) is 12.1 Å². The highest BCUT2D eigenvalue weighted by Crippen LogP contribution is 2.12. The monoisotopic (exact) mass is 267 g/mol. The highest BCUT2D eigenvalue weighted by molar-refractivity contribution is 5.92. The van der Waals surface area contributed by atoms with Crippen molar-refractivity contribution in [2.45, 2.75) is 13.5 Å². The minimum atomic E-state index is -0.0250. The number of hydrogen-bond acceptors (Lipinski definition) is 2.